The van der Waals surface area contributed by atoms with Crippen LogP contribution in [0.25, 0.3) is 17.1 Å². The first-order chi connectivity index (χ1) is 9.24. The minimum atomic E-state index is -2.77. The predicted molar refractivity (Wildman–Crippen MR) is 59.6 cm³/mol. The predicted octanol–water partition coefficient (Wildman–Crippen LogP) is 2.25. The van der Waals surface area contributed by atoms with Gasteiger partial charge in [0.1, 0.15) is 0 Å². The van der Waals surface area contributed by atoms with Gasteiger partial charge >= 0.3 is 6.43 Å². The highest BCUT2D eigenvalue weighted by atomic mass is 19.3. The van der Waals surface area contributed by atoms with Gasteiger partial charge in [-0.15, -0.1) is 15.3 Å². The van der Waals surface area contributed by atoms with Crippen molar-refractivity contribution in [2.45, 2.75) is 6.43 Å². The molecule has 1 aromatic carbocycles. The molecular weight excluding hydrogens is 256 g/mol. The van der Waals surface area contributed by atoms with Gasteiger partial charge in [0.25, 0.3) is 5.89 Å². The smallest absolute Gasteiger partial charge is 0.314 e. The molecule has 0 saturated carbocycles. The van der Waals surface area contributed by atoms with Gasteiger partial charge < -0.3 is 4.42 Å². The number of rotatable bonds is 3. The van der Waals surface area contributed by atoms with Crippen LogP contribution in [0.4, 0.5) is 8.78 Å². The van der Waals surface area contributed by atoms with E-state index in [0.717, 1.165) is 5.69 Å². The van der Waals surface area contributed by atoms with Crippen molar-refractivity contribution in [2.24, 2.45) is 0 Å². The minimum Gasteiger partial charge on any atom is -0.415 e. The molecule has 2 aromatic heterocycles. The summed E-state index contributed by atoms with van der Waals surface area (Å²) in [6.07, 6.45) is 0.480. The second-order valence-corrected chi connectivity index (χ2v) is 3.64. The molecule has 8 heteroatoms. The standard InChI is InChI=1S/C11H7F2N5O/c12-9(13)11-16-15-10(19-11)7-1-3-8(4-2-7)18-6-5-14-17-18/h1-6,9H. The summed E-state index contributed by atoms with van der Waals surface area (Å²) in [5.74, 6) is -0.629. The molecule has 0 unspecified atom stereocenters. The minimum absolute atomic E-state index is 0.0560. The molecule has 3 rings (SSSR count). The molecular formula is C11H7F2N5O. The number of benzene rings is 1. The van der Waals surface area contributed by atoms with E-state index in [4.69, 9.17) is 4.42 Å². The first-order valence-corrected chi connectivity index (χ1v) is 5.33. The van der Waals surface area contributed by atoms with Gasteiger partial charge in [0.15, 0.2) is 0 Å². The molecule has 0 aliphatic heterocycles. The Balaban J connectivity index is 1.89. The molecule has 0 amide bonds. The summed E-state index contributed by atoms with van der Waals surface area (Å²) in [7, 11) is 0. The first-order valence-electron chi connectivity index (χ1n) is 5.33. The van der Waals surface area contributed by atoms with Crippen molar-refractivity contribution in [2.75, 3.05) is 0 Å². The van der Waals surface area contributed by atoms with Crippen molar-refractivity contribution in [1.82, 2.24) is 25.2 Å². The lowest BCUT2D eigenvalue weighted by Crippen LogP contribution is -1.94. The lowest BCUT2D eigenvalue weighted by atomic mass is 10.2. The van der Waals surface area contributed by atoms with E-state index in [0.29, 0.717) is 5.56 Å². The number of hydrogen-bond acceptors (Lipinski definition) is 5. The van der Waals surface area contributed by atoms with Gasteiger partial charge in [-0.05, 0) is 24.3 Å². The number of aromatic nitrogens is 5. The van der Waals surface area contributed by atoms with Crippen LogP contribution < -0.4 is 0 Å². The third-order valence-electron chi connectivity index (χ3n) is 2.43. The second kappa shape index (κ2) is 4.56. The molecule has 0 aliphatic carbocycles. The first kappa shape index (κ1) is 11.5. The monoisotopic (exact) mass is 263 g/mol. The van der Waals surface area contributed by atoms with Crippen LogP contribution in [-0.2, 0) is 0 Å². The van der Waals surface area contributed by atoms with Crippen molar-refractivity contribution in [1.29, 1.82) is 0 Å². The maximum atomic E-state index is 12.3. The maximum absolute atomic E-state index is 12.3. The Morgan fingerprint density at radius 2 is 1.89 bits per heavy atom. The molecule has 0 radical (unpaired) electrons. The Morgan fingerprint density at radius 1 is 1.11 bits per heavy atom. The largest absolute Gasteiger partial charge is 0.415 e. The third-order valence-corrected chi connectivity index (χ3v) is 2.43. The summed E-state index contributed by atoms with van der Waals surface area (Å²) >= 11 is 0. The number of nitrogens with zero attached hydrogens (tertiary/aromatic N) is 5. The Bertz CT molecular complexity index is 663. The quantitative estimate of drug-likeness (QED) is 0.724. The van der Waals surface area contributed by atoms with E-state index in [1.807, 2.05) is 0 Å². The summed E-state index contributed by atoms with van der Waals surface area (Å²) in [6.45, 7) is 0. The number of halogens is 2. The summed E-state index contributed by atoms with van der Waals surface area (Å²) in [5, 5.41) is 14.4. The molecule has 0 N–H and O–H groups in total. The molecule has 3 aromatic rings. The normalized spacial score (nSPS) is 11.1. The molecule has 0 fully saturated rings. The summed E-state index contributed by atoms with van der Waals surface area (Å²) in [6, 6.07) is 6.85. The molecule has 2 heterocycles. The molecule has 96 valence electrons. The van der Waals surface area contributed by atoms with Crippen LogP contribution in [0.3, 0.4) is 0 Å². The zero-order chi connectivity index (χ0) is 13.2. The molecule has 19 heavy (non-hydrogen) atoms. The van der Waals surface area contributed by atoms with Crippen LogP contribution in [0.2, 0.25) is 0 Å². The van der Waals surface area contributed by atoms with Crippen LogP contribution in [0.1, 0.15) is 12.3 Å². The van der Waals surface area contributed by atoms with Gasteiger partial charge in [-0.3, -0.25) is 0 Å². The average molecular weight is 263 g/mol. The van der Waals surface area contributed by atoms with E-state index >= 15 is 0 Å². The van der Waals surface area contributed by atoms with Gasteiger partial charge in [-0.1, -0.05) is 5.21 Å². The van der Waals surface area contributed by atoms with Crippen molar-refractivity contribution >= 4 is 0 Å². The van der Waals surface area contributed by atoms with Crippen LogP contribution in [0.5, 0.6) is 0 Å². The Hall–Kier alpha value is -2.64. The topological polar surface area (TPSA) is 69.6 Å². The van der Waals surface area contributed by atoms with E-state index in [1.165, 1.54) is 0 Å². The summed E-state index contributed by atoms with van der Waals surface area (Å²) in [4.78, 5) is 0. The van der Waals surface area contributed by atoms with Crippen LogP contribution in [-0.4, -0.2) is 25.2 Å². The van der Waals surface area contributed by atoms with Crippen LogP contribution in [0, 0.1) is 0 Å². The van der Waals surface area contributed by atoms with Crippen LogP contribution in [0.15, 0.2) is 41.1 Å². The lowest BCUT2D eigenvalue weighted by Gasteiger charge is -2.00. The van der Waals surface area contributed by atoms with Crippen LogP contribution >= 0.6 is 0 Å². The fourth-order valence-corrected chi connectivity index (χ4v) is 1.54. The second-order valence-electron chi connectivity index (χ2n) is 3.64. The third kappa shape index (κ3) is 2.19. The van der Waals surface area contributed by atoms with Gasteiger partial charge in [-0.2, -0.15) is 8.78 Å². The molecule has 0 saturated heterocycles. The highest BCUT2D eigenvalue weighted by Gasteiger charge is 2.16. The number of hydrogen-bond donors (Lipinski definition) is 0. The fraction of sp³-hybridized carbons (Fsp3) is 0.0909. The van der Waals surface area contributed by atoms with Gasteiger partial charge in [0.2, 0.25) is 5.89 Å². The fourth-order valence-electron chi connectivity index (χ4n) is 1.54. The van der Waals surface area contributed by atoms with Crippen molar-refractivity contribution < 1.29 is 13.2 Å². The zero-order valence-electron chi connectivity index (χ0n) is 9.44. The number of alkyl halides is 2. The Kier molecular flexibility index (Phi) is 2.75. The Labute approximate surface area is 105 Å². The summed E-state index contributed by atoms with van der Waals surface area (Å²) in [5.41, 5.74) is 1.35. The molecule has 0 spiro atoms. The highest BCUT2D eigenvalue weighted by Crippen LogP contribution is 2.23. The zero-order valence-corrected chi connectivity index (χ0v) is 9.44. The SMILES string of the molecule is FC(F)c1nnc(-c2ccc(-n3ccnn3)cc2)o1. The van der Waals surface area contributed by atoms with E-state index in [2.05, 4.69) is 20.5 Å². The molecule has 0 bridgehead atoms. The van der Waals surface area contributed by atoms with E-state index in [-0.39, 0.29) is 5.89 Å². The highest BCUT2D eigenvalue weighted by molar-refractivity contribution is 5.55. The maximum Gasteiger partial charge on any atom is 0.314 e. The van der Waals surface area contributed by atoms with Crippen molar-refractivity contribution in [3.05, 3.63) is 42.5 Å². The molecule has 0 atom stereocenters. The van der Waals surface area contributed by atoms with Gasteiger partial charge in [-0.25, -0.2) is 4.68 Å². The van der Waals surface area contributed by atoms with Gasteiger partial charge in [0.05, 0.1) is 18.1 Å². The van der Waals surface area contributed by atoms with E-state index in [9.17, 15) is 8.78 Å². The van der Waals surface area contributed by atoms with E-state index in [1.54, 1.807) is 41.3 Å². The summed E-state index contributed by atoms with van der Waals surface area (Å²) < 4.78 is 31.1. The molecule has 0 aliphatic rings. The lowest BCUT2D eigenvalue weighted by molar-refractivity contribution is 0.116. The van der Waals surface area contributed by atoms with E-state index < -0.39 is 12.3 Å². The van der Waals surface area contributed by atoms with Crippen molar-refractivity contribution in [3.8, 4) is 17.1 Å². The van der Waals surface area contributed by atoms with Gasteiger partial charge in [0, 0.05) is 5.56 Å². The van der Waals surface area contributed by atoms with Crippen molar-refractivity contribution in [3.63, 3.8) is 0 Å². The average Bonchev–Trinajstić information content (AvgIpc) is 3.11. The Morgan fingerprint density at radius 3 is 2.47 bits per heavy atom. The molecule has 6 nitrogen and oxygen atoms in total.